The number of piperidine rings is 1. The van der Waals surface area contributed by atoms with E-state index in [0.717, 1.165) is 32.5 Å². The van der Waals surface area contributed by atoms with E-state index in [1.54, 1.807) is 0 Å². The van der Waals surface area contributed by atoms with Gasteiger partial charge in [-0.25, -0.2) is 0 Å². The Morgan fingerprint density at radius 3 is 2.67 bits per heavy atom. The highest BCUT2D eigenvalue weighted by molar-refractivity contribution is 5.79. The first kappa shape index (κ1) is 10.9. The fourth-order valence-electron chi connectivity index (χ4n) is 2.52. The monoisotopic (exact) mass is 210 g/mol. The van der Waals surface area contributed by atoms with Gasteiger partial charge in [0.2, 0.25) is 5.91 Å². The molecule has 0 aromatic heterocycles. The van der Waals surface area contributed by atoms with Crippen molar-refractivity contribution in [2.45, 2.75) is 32.1 Å². The van der Waals surface area contributed by atoms with Gasteiger partial charge in [-0.05, 0) is 44.7 Å². The summed E-state index contributed by atoms with van der Waals surface area (Å²) in [7, 11) is 1.97. The molecule has 1 aliphatic carbocycles. The third kappa shape index (κ3) is 2.71. The first-order chi connectivity index (χ1) is 7.27. The molecular formula is C12H22N2O. The average Bonchev–Trinajstić information content (AvgIpc) is 2.16. The molecule has 0 aromatic rings. The fraction of sp³-hybridized carbons (Fsp3) is 0.917. The predicted octanol–water partition coefficient (Wildman–Crippen LogP) is 1.24. The van der Waals surface area contributed by atoms with Crippen LogP contribution in [-0.2, 0) is 4.79 Å². The zero-order chi connectivity index (χ0) is 10.7. The summed E-state index contributed by atoms with van der Waals surface area (Å²) in [6, 6.07) is 0. The van der Waals surface area contributed by atoms with Gasteiger partial charge in [0.15, 0.2) is 0 Å². The van der Waals surface area contributed by atoms with Gasteiger partial charge >= 0.3 is 0 Å². The topological polar surface area (TPSA) is 32.3 Å². The third-order valence-electron chi connectivity index (χ3n) is 3.76. The lowest BCUT2D eigenvalue weighted by molar-refractivity contribution is -0.137. The van der Waals surface area contributed by atoms with E-state index in [0.29, 0.717) is 17.7 Å². The zero-order valence-corrected chi connectivity index (χ0v) is 9.67. The van der Waals surface area contributed by atoms with Crippen LogP contribution < -0.4 is 5.32 Å². The van der Waals surface area contributed by atoms with Crippen LogP contribution in [0, 0.1) is 11.8 Å². The summed E-state index contributed by atoms with van der Waals surface area (Å²) in [4.78, 5) is 13.9. The maximum atomic E-state index is 11.9. The number of carbonyl (C=O) groups is 1. The number of hydrogen-bond donors (Lipinski definition) is 1. The Bertz CT molecular complexity index is 220. The summed E-state index contributed by atoms with van der Waals surface area (Å²) in [5, 5.41) is 3.40. The van der Waals surface area contributed by atoms with Crippen LogP contribution in [-0.4, -0.2) is 37.5 Å². The Labute approximate surface area is 92.2 Å². The standard InChI is InChI=1S/C12H22N2O/c1-14(12(15)11-5-2-6-11)9-10-4-3-7-13-8-10/h10-11,13H,2-9H2,1H3. The highest BCUT2D eigenvalue weighted by Crippen LogP contribution is 2.28. The van der Waals surface area contributed by atoms with Crippen molar-refractivity contribution in [1.82, 2.24) is 10.2 Å². The number of rotatable bonds is 3. The van der Waals surface area contributed by atoms with Crippen LogP contribution >= 0.6 is 0 Å². The Kier molecular flexibility index (Phi) is 3.62. The van der Waals surface area contributed by atoms with Crippen molar-refractivity contribution in [2.24, 2.45) is 11.8 Å². The van der Waals surface area contributed by atoms with Crippen LogP contribution in [0.5, 0.6) is 0 Å². The van der Waals surface area contributed by atoms with E-state index in [-0.39, 0.29) is 0 Å². The van der Waals surface area contributed by atoms with Gasteiger partial charge in [-0.2, -0.15) is 0 Å². The average molecular weight is 210 g/mol. The first-order valence-electron chi connectivity index (χ1n) is 6.23. The summed E-state index contributed by atoms with van der Waals surface area (Å²) in [6.45, 7) is 3.18. The number of nitrogens with one attached hydrogen (secondary N) is 1. The first-order valence-corrected chi connectivity index (χ1v) is 6.23. The molecule has 3 heteroatoms. The normalized spacial score (nSPS) is 27.1. The predicted molar refractivity (Wildman–Crippen MR) is 60.6 cm³/mol. The molecule has 1 N–H and O–H groups in total. The molecule has 1 atom stereocenters. The van der Waals surface area contributed by atoms with Gasteiger partial charge in [0.05, 0.1) is 0 Å². The minimum absolute atomic E-state index is 0.353. The molecule has 1 saturated carbocycles. The van der Waals surface area contributed by atoms with Crippen molar-refractivity contribution in [3.63, 3.8) is 0 Å². The van der Waals surface area contributed by atoms with Gasteiger partial charge < -0.3 is 10.2 Å². The molecule has 0 radical (unpaired) electrons. The molecule has 0 spiro atoms. The van der Waals surface area contributed by atoms with E-state index in [4.69, 9.17) is 0 Å². The van der Waals surface area contributed by atoms with Crippen molar-refractivity contribution in [1.29, 1.82) is 0 Å². The van der Waals surface area contributed by atoms with Crippen LogP contribution in [0.3, 0.4) is 0 Å². The maximum Gasteiger partial charge on any atom is 0.225 e. The van der Waals surface area contributed by atoms with Gasteiger partial charge in [0.25, 0.3) is 0 Å². The molecule has 3 nitrogen and oxygen atoms in total. The smallest absolute Gasteiger partial charge is 0.225 e. The highest BCUT2D eigenvalue weighted by atomic mass is 16.2. The molecule has 1 unspecified atom stereocenters. The fourth-order valence-corrected chi connectivity index (χ4v) is 2.52. The van der Waals surface area contributed by atoms with E-state index < -0.39 is 0 Å². The summed E-state index contributed by atoms with van der Waals surface area (Å²) in [5.41, 5.74) is 0. The molecule has 1 heterocycles. The molecular weight excluding hydrogens is 188 g/mol. The molecule has 2 rings (SSSR count). The Hall–Kier alpha value is -0.570. The number of hydrogen-bond acceptors (Lipinski definition) is 2. The summed E-state index contributed by atoms with van der Waals surface area (Å²) < 4.78 is 0. The second kappa shape index (κ2) is 4.97. The van der Waals surface area contributed by atoms with E-state index >= 15 is 0 Å². The second-order valence-corrected chi connectivity index (χ2v) is 5.06. The molecule has 86 valence electrons. The number of amides is 1. The molecule has 15 heavy (non-hydrogen) atoms. The summed E-state index contributed by atoms with van der Waals surface area (Å²) >= 11 is 0. The number of carbonyl (C=O) groups excluding carboxylic acids is 1. The Morgan fingerprint density at radius 2 is 2.13 bits per heavy atom. The van der Waals surface area contributed by atoms with Crippen molar-refractivity contribution in [3.8, 4) is 0 Å². The lowest BCUT2D eigenvalue weighted by Gasteiger charge is -2.32. The second-order valence-electron chi connectivity index (χ2n) is 5.06. The van der Waals surface area contributed by atoms with Gasteiger partial charge in [0, 0.05) is 19.5 Å². The Balaban J connectivity index is 1.74. The van der Waals surface area contributed by atoms with Crippen molar-refractivity contribution in [2.75, 3.05) is 26.7 Å². The molecule has 2 fully saturated rings. The van der Waals surface area contributed by atoms with E-state index in [2.05, 4.69) is 5.32 Å². The molecule has 2 aliphatic rings. The quantitative estimate of drug-likeness (QED) is 0.760. The third-order valence-corrected chi connectivity index (χ3v) is 3.76. The van der Waals surface area contributed by atoms with E-state index in [1.807, 2.05) is 11.9 Å². The molecule has 0 bridgehead atoms. The largest absolute Gasteiger partial charge is 0.345 e. The lowest BCUT2D eigenvalue weighted by atomic mass is 9.84. The van der Waals surface area contributed by atoms with Gasteiger partial charge in [-0.3, -0.25) is 4.79 Å². The van der Waals surface area contributed by atoms with Gasteiger partial charge in [0.1, 0.15) is 0 Å². The van der Waals surface area contributed by atoms with Crippen LogP contribution in [0.25, 0.3) is 0 Å². The minimum Gasteiger partial charge on any atom is -0.345 e. The van der Waals surface area contributed by atoms with Crippen molar-refractivity contribution >= 4 is 5.91 Å². The van der Waals surface area contributed by atoms with E-state index in [9.17, 15) is 4.79 Å². The molecule has 1 amide bonds. The van der Waals surface area contributed by atoms with E-state index in [1.165, 1.54) is 19.3 Å². The SMILES string of the molecule is CN(CC1CCCNC1)C(=O)C1CCC1. The van der Waals surface area contributed by atoms with Crippen LogP contribution in [0.4, 0.5) is 0 Å². The highest BCUT2D eigenvalue weighted by Gasteiger charge is 2.28. The lowest BCUT2D eigenvalue weighted by Crippen LogP contribution is -2.42. The van der Waals surface area contributed by atoms with Crippen molar-refractivity contribution in [3.05, 3.63) is 0 Å². The molecule has 1 saturated heterocycles. The minimum atomic E-state index is 0.353. The van der Waals surface area contributed by atoms with Crippen LogP contribution in [0.1, 0.15) is 32.1 Å². The molecule has 1 aliphatic heterocycles. The van der Waals surface area contributed by atoms with Crippen LogP contribution in [0.15, 0.2) is 0 Å². The van der Waals surface area contributed by atoms with Gasteiger partial charge in [-0.1, -0.05) is 6.42 Å². The summed E-state index contributed by atoms with van der Waals surface area (Å²) in [5.74, 6) is 1.41. The van der Waals surface area contributed by atoms with Crippen molar-refractivity contribution < 1.29 is 4.79 Å². The molecule has 0 aromatic carbocycles. The number of nitrogens with zero attached hydrogens (tertiary/aromatic N) is 1. The zero-order valence-electron chi connectivity index (χ0n) is 9.67. The summed E-state index contributed by atoms with van der Waals surface area (Å²) in [6.07, 6.45) is 6.01. The maximum absolute atomic E-state index is 11.9. The Morgan fingerprint density at radius 1 is 1.33 bits per heavy atom. The van der Waals surface area contributed by atoms with Crippen LogP contribution in [0.2, 0.25) is 0 Å². The van der Waals surface area contributed by atoms with Gasteiger partial charge in [-0.15, -0.1) is 0 Å².